The average Bonchev–Trinajstić information content (AvgIpc) is 2.93. The second kappa shape index (κ2) is 7.83. The molecule has 1 radical (unpaired) electrons. The summed E-state index contributed by atoms with van der Waals surface area (Å²) in [5.41, 5.74) is 1.45. The fourth-order valence-electron chi connectivity index (χ4n) is 4.87. The van der Waals surface area contributed by atoms with E-state index in [1.807, 2.05) is 11.9 Å². The molecule has 2 aliphatic heterocycles. The van der Waals surface area contributed by atoms with Gasteiger partial charge in [-0.15, -0.1) is 0 Å². The van der Waals surface area contributed by atoms with Gasteiger partial charge in [0.15, 0.2) is 9.84 Å². The molecule has 2 unspecified atom stereocenters. The molecule has 1 aliphatic carbocycles. The van der Waals surface area contributed by atoms with E-state index >= 15 is 0 Å². The van der Waals surface area contributed by atoms with E-state index in [4.69, 9.17) is 0 Å². The van der Waals surface area contributed by atoms with Gasteiger partial charge in [0.1, 0.15) is 12.3 Å². The van der Waals surface area contributed by atoms with Gasteiger partial charge in [0.2, 0.25) is 11.8 Å². The van der Waals surface area contributed by atoms with Crippen LogP contribution in [-0.2, 0) is 25.8 Å². The van der Waals surface area contributed by atoms with Crippen molar-refractivity contribution >= 4 is 27.3 Å². The molecule has 0 aromatic heterocycles. The number of hydrogen-bond acceptors (Lipinski definition) is 7. The van der Waals surface area contributed by atoms with Crippen LogP contribution in [0.15, 0.2) is 17.0 Å². The quantitative estimate of drug-likeness (QED) is 0.623. The van der Waals surface area contributed by atoms with Crippen LogP contribution in [0.5, 0.6) is 0 Å². The minimum Gasteiger partial charge on any atom is -0.385 e. The molecular weight excluding hydrogens is 425 g/mol. The zero-order chi connectivity index (χ0) is 22.7. The third kappa shape index (κ3) is 3.96. The topological polar surface area (TPSA) is 107 Å². The van der Waals surface area contributed by atoms with Crippen molar-refractivity contribution in [3.05, 3.63) is 30.2 Å². The van der Waals surface area contributed by atoms with Gasteiger partial charge in [0.25, 0.3) is 0 Å². The van der Waals surface area contributed by atoms with Crippen molar-refractivity contribution in [2.45, 2.75) is 48.5 Å². The number of likely N-dealkylation sites (N-methyl/N-ethyl adjacent to an activating group) is 1. The second-order valence-corrected chi connectivity index (χ2v) is 10.8. The van der Waals surface area contributed by atoms with Crippen LogP contribution in [0.1, 0.15) is 30.1 Å². The fourth-order valence-corrected chi connectivity index (χ4v) is 5.83. The number of piperidine rings is 1. The monoisotopic (exact) mass is 452 g/mol. The SMILES string of the molecule is [CH2]C(C1CC(=O)NC(=O)C1)N(C)C1CN(c2ccc(S(C)(=O)=O)c3c2CC(F)[C@H]3O)C1. The zero-order valence-electron chi connectivity index (χ0n) is 17.5. The van der Waals surface area contributed by atoms with Crippen LogP contribution >= 0.6 is 0 Å². The van der Waals surface area contributed by atoms with E-state index in [0.29, 0.717) is 18.7 Å². The second-order valence-electron chi connectivity index (χ2n) is 8.84. The van der Waals surface area contributed by atoms with Gasteiger partial charge in [-0.2, -0.15) is 0 Å². The number of amides is 2. The Kier molecular flexibility index (Phi) is 5.60. The third-order valence-corrected chi connectivity index (χ3v) is 7.90. The standard InChI is InChI=1S/C21H27FN3O5S/c1-11(12-6-18(26)23-19(27)7-12)24(2)13-9-25(10-13)16-4-5-17(31(3,29)30)20-14(16)8-15(22)21(20)28/h4-5,11-13,15,21,28H,1,6-10H2,2-3H3,(H,23,26,27)/t11?,15?,21-/m1/s1. The lowest BCUT2D eigenvalue weighted by atomic mass is 9.88. The van der Waals surface area contributed by atoms with Gasteiger partial charge in [-0.3, -0.25) is 19.8 Å². The van der Waals surface area contributed by atoms with E-state index in [1.165, 1.54) is 6.07 Å². The highest BCUT2D eigenvalue weighted by Gasteiger charge is 2.41. The van der Waals surface area contributed by atoms with E-state index in [1.54, 1.807) is 6.07 Å². The van der Waals surface area contributed by atoms with E-state index < -0.39 is 22.1 Å². The largest absolute Gasteiger partial charge is 0.385 e. The van der Waals surface area contributed by atoms with Crippen LogP contribution < -0.4 is 10.2 Å². The summed E-state index contributed by atoms with van der Waals surface area (Å²) in [6, 6.07) is 3.04. The molecule has 3 atom stereocenters. The number of halogens is 1. The van der Waals surface area contributed by atoms with Crippen molar-refractivity contribution in [3.8, 4) is 0 Å². The lowest BCUT2D eigenvalue weighted by molar-refractivity contribution is -0.135. The minimum atomic E-state index is -3.59. The van der Waals surface area contributed by atoms with E-state index in [9.17, 15) is 27.5 Å². The highest BCUT2D eigenvalue weighted by Crippen LogP contribution is 2.44. The molecule has 2 amide bonds. The molecule has 8 nitrogen and oxygen atoms in total. The number of nitrogens with one attached hydrogen (secondary N) is 1. The van der Waals surface area contributed by atoms with Crippen LogP contribution in [0.25, 0.3) is 0 Å². The maximum absolute atomic E-state index is 14.3. The van der Waals surface area contributed by atoms with Gasteiger partial charge in [-0.1, -0.05) is 0 Å². The van der Waals surface area contributed by atoms with Crippen LogP contribution in [0.4, 0.5) is 10.1 Å². The normalized spacial score (nSPS) is 26.1. The summed E-state index contributed by atoms with van der Waals surface area (Å²) < 4.78 is 38.5. The Morgan fingerprint density at radius 3 is 2.42 bits per heavy atom. The lowest BCUT2D eigenvalue weighted by Crippen LogP contribution is -2.62. The maximum atomic E-state index is 14.3. The lowest BCUT2D eigenvalue weighted by Gasteiger charge is -2.49. The first kappa shape index (κ1) is 22.2. The Morgan fingerprint density at radius 2 is 1.84 bits per heavy atom. The molecule has 3 aliphatic rings. The Bertz CT molecular complexity index is 1010. The Labute approximate surface area is 181 Å². The van der Waals surface area contributed by atoms with E-state index in [0.717, 1.165) is 11.9 Å². The average molecular weight is 453 g/mol. The summed E-state index contributed by atoms with van der Waals surface area (Å²) in [6.45, 7) is 5.41. The molecule has 2 fully saturated rings. The molecule has 0 spiro atoms. The molecule has 1 aromatic carbocycles. The summed E-state index contributed by atoms with van der Waals surface area (Å²) in [5.74, 6) is -0.708. The van der Waals surface area contributed by atoms with Crippen molar-refractivity contribution in [1.29, 1.82) is 0 Å². The van der Waals surface area contributed by atoms with Crippen molar-refractivity contribution in [3.63, 3.8) is 0 Å². The highest BCUT2D eigenvalue weighted by molar-refractivity contribution is 7.90. The third-order valence-electron chi connectivity index (χ3n) is 6.75. The molecule has 1 aromatic rings. The molecular formula is C21H27FN3O5S. The molecule has 2 N–H and O–H groups in total. The van der Waals surface area contributed by atoms with Crippen molar-refractivity contribution in [2.24, 2.45) is 5.92 Å². The van der Waals surface area contributed by atoms with Crippen LogP contribution in [0.2, 0.25) is 0 Å². The van der Waals surface area contributed by atoms with Crippen molar-refractivity contribution < 1.29 is 27.5 Å². The molecule has 0 bridgehead atoms. The van der Waals surface area contributed by atoms with Gasteiger partial charge >= 0.3 is 0 Å². The number of hydrogen-bond donors (Lipinski definition) is 2. The number of rotatable bonds is 5. The van der Waals surface area contributed by atoms with Gasteiger partial charge in [0.05, 0.1) is 4.90 Å². The molecule has 0 saturated carbocycles. The maximum Gasteiger partial charge on any atom is 0.226 e. The summed E-state index contributed by atoms with van der Waals surface area (Å²) in [6.07, 6.45) is -1.42. The number of carbonyl (C=O) groups is 2. The number of aliphatic hydroxyl groups is 1. The summed E-state index contributed by atoms with van der Waals surface area (Å²) in [7, 11) is -1.68. The van der Waals surface area contributed by atoms with Crippen molar-refractivity contribution in [1.82, 2.24) is 10.2 Å². The van der Waals surface area contributed by atoms with Gasteiger partial charge in [0, 0.05) is 61.9 Å². The number of sulfone groups is 1. The Morgan fingerprint density at radius 1 is 1.23 bits per heavy atom. The van der Waals surface area contributed by atoms with E-state index in [-0.39, 0.29) is 59.5 Å². The highest BCUT2D eigenvalue weighted by atomic mass is 32.2. The first-order valence-corrected chi connectivity index (χ1v) is 12.2. The number of carbonyl (C=O) groups excluding carboxylic acids is 2. The number of fused-ring (bicyclic) bond motifs is 1. The number of alkyl halides is 1. The number of imide groups is 1. The van der Waals surface area contributed by atoms with Crippen molar-refractivity contribution in [2.75, 3.05) is 31.3 Å². The smallest absolute Gasteiger partial charge is 0.226 e. The first-order chi connectivity index (χ1) is 14.5. The zero-order valence-corrected chi connectivity index (χ0v) is 18.4. The molecule has 10 heteroatoms. The number of aliphatic hydroxyl groups excluding tert-OH is 1. The molecule has 2 saturated heterocycles. The Balaban J connectivity index is 1.49. The van der Waals surface area contributed by atoms with E-state index in [2.05, 4.69) is 17.1 Å². The number of anilines is 1. The van der Waals surface area contributed by atoms with Crippen LogP contribution in [-0.4, -0.2) is 74.9 Å². The van der Waals surface area contributed by atoms with Gasteiger partial charge in [-0.05, 0) is 37.6 Å². The van der Waals surface area contributed by atoms with Crippen LogP contribution in [0.3, 0.4) is 0 Å². The summed E-state index contributed by atoms with van der Waals surface area (Å²) in [4.78, 5) is 27.4. The van der Waals surface area contributed by atoms with Gasteiger partial charge in [-0.25, -0.2) is 12.8 Å². The predicted molar refractivity (Wildman–Crippen MR) is 112 cm³/mol. The van der Waals surface area contributed by atoms with Crippen LogP contribution in [0, 0.1) is 12.8 Å². The molecule has 169 valence electrons. The Hall–Kier alpha value is -2.04. The summed E-state index contributed by atoms with van der Waals surface area (Å²) >= 11 is 0. The molecule has 4 rings (SSSR count). The number of benzene rings is 1. The molecule has 31 heavy (non-hydrogen) atoms. The summed E-state index contributed by atoms with van der Waals surface area (Å²) in [5, 5.41) is 12.6. The molecule has 2 heterocycles. The van der Waals surface area contributed by atoms with Gasteiger partial charge < -0.3 is 10.0 Å². The fraction of sp³-hybridized carbons (Fsp3) is 0.571. The predicted octanol–water partition coefficient (Wildman–Crippen LogP) is 0.394. The first-order valence-electron chi connectivity index (χ1n) is 10.3. The number of nitrogens with zero attached hydrogens (tertiary/aromatic N) is 2. The minimum absolute atomic E-state index is 0.0221.